The average molecular weight is 342 g/mol. The Labute approximate surface area is 146 Å². The molecule has 5 nitrogen and oxygen atoms in total. The van der Waals surface area contributed by atoms with Gasteiger partial charge in [-0.2, -0.15) is 5.10 Å². The Hall–Kier alpha value is -2.18. The van der Waals surface area contributed by atoms with E-state index >= 15 is 0 Å². The van der Waals surface area contributed by atoms with Crippen molar-refractivity contribution < 1.29 is 4.74 Å². The monoisotopic (exact) mass is 342 g/mol. The zero-order chi connectivity index (χ0) is 16.9. The standard InChI is InChI=1S/C18H22N4OS/c1-13-8-20-22(10-13)11-14(2)19-9-15-12-24-18(21-15)16-6-4-5-7-17(16)23-3/h4-8,10,12,14,19H,9,11H2,1-3H3. The molecule has 0 aliphatic carbocycles. The van der Waals surface area contributed by atoms with Gasteiger partial charge in [0.15, 0.2) is 0 Å². The second-order valence-corrected chi connectivity index (χ2v) is 6.72. The quantitative estimate of drug-likeness (QED) is 0.714. The lowest BCUT2D eigenvalue weighted by Gasteiger charge is -2.12. The molecular formula is C18H22N4OS. The number of nitrogens with zero attached hydrogens (tertiary/aromatic N) is 3. The molecule has 0 saturated heterocycles. The molecule has 0 aliphatic heterocycles. The van der Waals surface area contributed by atoms with Crippen LogP contribution >= 0.6 is 11.3 Å². The van der Waals surface area contributed by atoms with Gasteiger partial charge in [-0.3, -0.25) is 4.68 Å². The first-order chi connectivity index (χ1) is 11.7. The van der Waals surface area contributed by atoms with Gasteiger partial charge in [0.2, 0.25) is 0 Å². The minimum atomic E-state index is 0.320. The van der Waals surface area contributed by atoms with E-state index in [9.17, 15) is 0 Å². The van der Waals surface area contributed by atoms with Gasteiger partial charge >= 0.3 is 0 Å². The molecule has 3 aromatic rings. The van der Waals surface area contributed by atoms with Crippen LogP contribution in [0.3, 0.4) is 0 Å². The second-order valence-electron chi connectivity index (χ2n) is 5.87. The summed E-state index contributed by atoms with van der Waals surface area (Å²) in [6.45, 7) is 5.80. The number of methoxy groups -OCH3 is 1. The lowest BCUT2D eigenvalue weighted by molar-refractivity contribution is 0.416. The van der Waals surface area contributed by atoms with Crippen LogP contribution in [-0.2, 0) is 13.1 Å². The van der Waals surface area contributed by atoms with E-state index in [4.69, 9.17) is 9.72 Å². The Kier molecular flexibility index (Phi) is 5.27. The van der Waals surface area contributed by atoms with Crippen molar-refractivity contribution >= 4 is 11.3 Å². The van der Waals surface area contributed by atoms with Crippen molar-refractivity contribution in [2.45, 2.75) is 33.0 Å². The molecule has 0 fully saturated rings. The Bertz CT molecular complexity index is 796. The number of thiazole rings is 1. The third-order valence-electron chi connectivity index (χ3n) is 3.74. The van der Waals surface area contributed by atoms with Crippen LogP contribution in [0.4, 0.5) is 0 Å². The molecule has 2 aromatic heterocycles. The van der Waals surface area contributed by atoms with E-state index in [-0.39, 0.29) is 0 Å². The van der Waals surface area contributed by atoms with Crippen molar-refractivity contribution in [2.75, 3.05) is 7.11 Å². The summed E-state index contributed by atoms with van der Waals surface area (Å²) >= 11 is 1.64. The van der Waals surface area contributed by atoms with E-state index < -0.39 is 0 Å². The molecule has 0 radical (unpaired) electrons. The normalized spacial score (nSPS) is 12.3. The van der Waals surface area contributed by atoms with Gasteiger partial charge in [0.1, 0.15) is 10.8 Å². The van der Waals surface area contributed by atoms with E-state index in [1.807, 2.05) is 35.1 Å². The minimum Gasteiger partial charge on any atom is -0.496 e. The number of aromatic nitrogens is 3. The fourth-order valence-electron chi connectivity index (χ4n) is 2.52. The summed E-state index contributed by atoms with van der Waals surface area (Å²) in [5.41, 5.74) is 3.27. The first-order valence-electron chi connectivity index (χ1n) is 7.96. The maximum atomic E-state index is 5.42. The Morgan fingerprint density at radius 1 is 1.33 bits per heavy atom. The fraction of sp³-hybridized carbons (Fsp3) is 0.333. The zero-order valence-electron chi connectivity index (χ0n) is 14.2. The highest BCUT2D eigenvalue weighted by molar-refractivity contribution is 7.13. The molecule has 1 atom stereocenters. The van der Waals surface area contributed by atoms with Crippen LogP contribution in [0.25, 0.3) is 10.6 Å². The van der Waals surface area contributed by atoms with E-state index in [1.54, 1.807) is 18.4 Å². The first-order valence-corrected chi connectivity index (χ1v) is 8.84. The Morgan fingerprint density at radius 3 is 2.92 bits per heavy atom. The van der Waals surface area contributed by atoms with Crippen molar-refractivity contribution in [1.29, 1.82) is 0 Å². The smallest absolute Gasteiger partial charge is 0.129 e. The summed E-state index contributed by atoms with van der Waals surface area (Å²) < 4.78 is 7.38. The van der Waals surface area contributed by atoms with Gasteiger partial charge in [0.25, 0.3) is 0 Å². The van der Waals surface area contributed by atoms with Crippen molar-refractivity contribution in [3.05, 3.63) is 53.3 Å². The lowest BCUT2D eigenvalue weighted by atomic mass is 10.2. The topological polar surface area (TPSA) is 52.0 Å². The molecule has 0 spiro atoms. The van der Waals surface area contributed by atoms with Crippen LogP contribution < -0.4 is 10.1 Å². The van der Waals surface area contributed by atoms with Gasteiger partial charge in [-0.25, -0.2) is 4.98 Å². The highest BCUT2D eigenvalue weighted by atomic mass is 32.1. The lowest BCUT2D eigenvalue weighted by Crippen LogP contribution is -2.30. The van der Waals surface area contributed by atoms with Gasteiger partial charge in [0, 0.05) is 24.2 Å². The number of hydrogen-bond donors (Lipinski definition) is 1. The van der Waals surface area contributed by atoms with Crippen LogP contribution in [0.5, 0.6) is 5.75 Å². The molecular weight excluding hydrogens is 320 g/mol. The van der Waals surface area contributed by atoms with Crippen LogP contribution in [-0.4, -0.2) is 27.9 Å². The van der Waals surface area contributed by atoms with E-state index in [1.165, 1.54) is 5.56 Å². The number of ether oxygens (including phenoxy) is 1. The summed E-state index contributed by atoms with van der Waals surface area (Å²) in [5.74, 6) is 0.855. The number of para-hydroxylation sites is 1. The third-order valence-corrected chi connectivity index (χ3v) is 4.67. The fourth-order valence-corrected chi connectivity index (χ4v) is 3.37. The predicted octanol–water partition coefficient (Wildman–Crippen LogP) is 3.50. The molecule has 0 bridgehead atoms. The van der Waals surface area contributed by atoms with E-state index in [0.717, 1.165) is 35.1 Å². The Morgan fingerprint density at radius 2 is 2.17 bits per heavy atom. The molecule has 24 heavy (non-hydrogen) atoms. The van der Waals surface area contributed by atoms with E-state index in [2.05, 4.69) is 35.8 Å². The molecule has 0 saturated carbocycles. The second kappa shape index (κ2) is 7.59. The molecule has 126 valence electrons. The molecule has 1 aromatic carbocycles. The number of hydrogen-bond acceptors (Lipinski definition) is 5. The highest BCUT2D eigenvalue weighted by Crippen LogP contribution is 2.31. The van der Waals surface area contributed by atoms with Crippen LogP contribution in [0, 0.1) is 6.92 Å². The van der Waals surface area contributed by atoms with Crippen molar-refractivity contribution in [3.63, 3.8) is 0 Å². The zero-order valence-corrected chi connectivity index (χ0v) is 15.0. The third kappa shape index (κ3) is 4.01. The summed E-state index contributed by atoms with van der Waals surface area (Å²) in [6, 6.07) is 8.30. The minimum absolute atomic E-state index is 0.320. The molecule has 3 rings (SSSR count). The average Bonchev–Trinajstić information content (AvgIpc) is 3.22. The van der Waals surface area contributed by atoms with Crippen LogP contribution in [0.15, 0.2) is 42.0 Å². The highest BCUT2D eigenvalue weighted by Gasteiger charge is 2.10. The van der Waals surface area contributed by atoms with Gasteiger partial charge in [-0.1, -0.05) is 12.1 Å². The molecule has 6 heteroatoms. The van der Waals surface area contributed by atoms with Gasteiger partial charge in [0.05, 0.1) is 31.1 Å². The molecule has 1 unspecified atom stereocenters. The van der Waals surface area contributed by atoms with Crippen molar-refractivity contribution in [3.8, 4) is 16.3 Å². The number of benzene rings is 1. The number of rotatable bonds is 7. The van der Waals surface area contributed by atoms with Crippen LogP contribution in [0.2, 0.25) is 0 Å². The number of aryl methyl sites for hydroxylation is 1. The number of nitrogens with one attached hydrogen (secondary N) is 1. The largest absolute Gasteiger partial charge is 0.496 e. The Balaban J connectivity index is 1.60. The molecule has 0 amide bonds. The summed E-state index contributed by atoms with van der Waals surface area (Å²) in [4.78, 5) is 4.73. The first kappa shape index (κ1) is 16.7. The van der Waals surface area contributed by atoms with Crippen molar-refractivity contribution in [1.82, 2.24) is 20.1 Å². The molecule has 1 N–H and O–H groups in total. The SMILES string of the molecule is COc1ccccc1-c1nc(CNC(C)Cn2cc(C)cn2)cs1. The van der Waals surface area contributed by atoms with Gasteiger partial charge < -0.3 is 10.1 Å². The summed E-state index contributed by atoms with van der Waals surface area (Å²) in [6.07, 6.45) is 3.94. The van der Waals surface area contributed by atoms with Gasteiger partial charge in [-0.15, -0.1) is 11.3 Å². The maximum Gasteiger partial charge on any atom is 0.129 e. The van der Waals surface area contributed by atoms with E-state index in [0.29, 0.717) is 6.04 Å². The van der Waals surface area contributed by atoms with Crippen LogP contribution in [0.1, 0.15) is 18.2 Å². The molecule has 2 heterocycles. The summed E-state index contributed by atoms with van der Waals surface area (Å²) in [7, 11) is 1.69. The predicted molar refractivity (Wildman–Crippen MR) is 97.4 cm³/mol. The maximum absolute atomic E-state index is 5.42. The summed E-state index contributed by atoms with van der Waals surface area (Å²) in [5, 5.41) is 10.9. The molecule has 0 aliphatic rings. The van der Waals surface area contributed by atoms with Crippen molar-refractivity contribution in [2.24, 2.45) is 0 Å². The van der Waals surface area contributed by atoms with Gasteiger partial charge in [-0.05, 0) is 31.5 Å².